The molecule has 1 N–H and O–H groups in total. The van der Waals surface area contributed by atoms with Crippen LogP contribution in [0.15, 0.2) is 88.2 Å². The Morgan fingerprint density at radius 2 is 1.59 bits per heavy atom. The molecule has 1 fully saturated rings. The van der Waals surface area contributed by atoms with Gasteiger partial charge < -0.3 is 19.5 Å². The van der Waals surface area contributed by atoms with E-state index in [9.17, 15) is 9.59 Å². The molecule has 7 nitrogen and oxygen atoms in total. The number of carbonyl (C=O) groups excluding carboxylic acids is 1. The monoisotopic (exact) mass is 426 g/mol. The highest BCUT2D eigenvalue weighted by Crippen LogP contribution is 2.20. The molecular weight excluding hydrogens is 404 g/mol. The van der Waals surface area contributed by atoms with Gasteiger partial charge in [0.2, 0.25) is 0 Å². The maximum absolute atomic E-state index is 12.6. The molecule has 5 rings (SSSR count). The molecule has 0 unspecified atom stereocenters. The zero-order valence-electron chi connectivity index (χ0n) is 17.4. The van der Waals surface area contributed by atoms with Gasteiger partial charge in [0.15, 0.2) is 0 Å². The summed E-state index contributed by atoms with van der Waals surface area (Å²) in [5, 5.41) is 3.43. The van der Waals surface area contributed by atoms with Crippen molar-refractivity contribution < 1.29 is 9.21 Å². The molecule has 1 aliphatic heterocycles. The van der Waals surface area contributed by atoms with Crippen LogP contribution in [-0.2, 0) is 0 Å². The third-order valence-electron chi connectivity index (χ3n) is 5.62. The van der Waals surface area contributed by atoms with Crippen LogP contribution in [-0.4, -0.2) is 37.1 Å². The van der Waals surface area contributed by atoms with Crippen molar-refractivity contribution in [3.63, 3.8) is 0 Å². The number of hydrogen-bond donors (Lipinski definition) is 1. The fraction of sp³-hybridized carbons (Fsp3) is 0.160. The number of hydrogen-bond acceptors (Lipinski definition) is 6. The first-order valence-electron chi connectivity index (χ1n) is 10.5. The third kappa shape index (κ3) is 4.05. The highest BCUT2D eigenvalue weighted by atomic mass is 16.4. The molecule has 32 heavy (non-hydrogen) atoms. The SMILES string of the molecule is O=C(Nc1ccc(N2CCN(c3ccccc3)CC2)nc1)c1cc2ccccc2oc1=O. The van der Waals surface area contributed by atoms with E-state index in [0.717, 1.165) is 32.0 Å². The Morgan fingerprint density at radius 1 is 0.875 bits per heavy atom. The van der Waals surface area contributed by atoms with Crippen molar-refractivity contribution in [3.05, 3.63) is 95.0 Å². The Balaban J connectivity index is 1.24. The number of anilines is 3. The number of rotatable bonds is 4. The molecule has 2 aromatic carbocycles. The summed E-state index contributed by atoms with van der Waals surface area (Å²) >= 11 is 0. The van der Waals surface area contributed by atoms with Crippen LogP contribution in [0.5, 0.6) is 0 Å². The number of nitrogens with zero attached hydrogens (tertiary/aromatic N) is 3. The van der Waals surface area contributed by atoms with Crippen LogP contribution < -0.4 is 20.7 Å². The number of benzene rings is 2. The number of aromatic nitrogens is 1. The van der Waals surface area contributed by atoms with Crippen molar-refractivity contribution in [1.82, 2.24) is 4.98 Å². The van der Waals surface area contributed by atoms with Gasteiger partial charge in [0.05, 0.1) is 11.9 Å². The van der Waals surface area contributed by atoms with E-state index in [1.807, 2.05) is 18.2 Å². The summed E-state index contributed by atoms with van der Waals surface area (Å²) < 4.78 is 5.25. The molecule has 1 aliphatic rings. The lowest BCUT2D eigenvalue weighted by atomic mass is 10.2. The van der Waals surface area contributed by atoms with E-state index in [1.54, 1.807) is 36.5 Å². The van der Waals surface area contributed by atoms with Crippen molar-refractivity contribution in [2.24, 2.45) is 0 Å². The first-order valence-corrected chi connectivity index (χ1v) is 10.5. The third-order valence-corrected chi connectivity index (χ3v) is 5.62. The average Bonchev–Trinajstić information content (AvgIpc) is 2.85. The van der Waals surface area contributed by atoms with E-state index < -0.39 is 11.5 Å². The number of para-hydroxylation sites is 2. The Kier molecular flexibility index (Phi) is 5.29. The van der Waals surface area contributed by atoms with Gasteiger partial charge in [-0.25, -0.2) is 9.78 Å². The Hall–Kier alpha value is -4.13. The van der Waals surface area contributed by atoms with Gasteiger partial charge in [-0.2, -0.15) is 0 Å². The molecule has 0 radical (unpaired) electrons. The number of carbonyl (C=O) groups is 1. The minimum atomic E-state index is -0.665. The first kappa shape index (κ1) is 19.8. The van der Waals surface area contributed by atoms with E-state index in [0.29, 0.717) is 16.7 Å². The zero-order valence-corrected chi connectivity index (χ0v) is 17.4. The fourth-order valence-electron chi connectivity index (χ4n) is 3.90. The number of nitrogens with one attached hydrogen (secondary N) is 1. The molecule has 2 aromatic heterocycles. The van der Waals surface area contributed by atoms with Crippen LogP contribution in [0.1, 0.15) is 10.4 Å². The van der Waals surface area contributed by atoms with Crippen molar-refractivity contribution in [2.75, 3.05) is 41.3 Å². The van der Waals surface area contributed by atoms with Gasteiger partial charge in [-0.1, -0.05) is 36.4 Å². The normalized spacial score (nSPS) is 13.9. The average molecular weight is 426 g/mol. The molecule has 0 bridgehead atoms. The van der Waals surface area contributed by atoms with E-state index in [2.05, 4.69) is 44.4 Å². The summed E-state index contributed by atoms with van der Waals surface area (Å²) in [5.41, 5.74) is 1.50. The van der Waals surface area contributed by atoms with Gasteiger partial charge in [0, 0.05) is 37.3 Å². The predicted molar refractivity (Wildman–Crippen MR) is 126 cm³/mol. The van der Waals surface area contributed by atoms with Gasteiger partial charge in [0.1, 0.15) is 17.0 Å². The summed E-state index contributed by atoms with van der Waals surface area (Å²) in [4.78, 5) is 33.9. The topological polar surface area (TPSA) is 78.7 Å². The lowest BCUT2D eigenvalue weighted by Crippen LogP contribution is -2.46. The number of pyridine rings is 1. The first-order chi connectivity index (χ1) is 15.7. The molecule has 1 saturated heterocycles. The van der Waals surface area contributed by atoms with Gasteiger partial charge in [-0.3, -0.25) is 4.79 Å². The highest BCUT2D eigenvalue weighted by molar-refractivity contribution is 6.05. The molecule has 1 amide bonds. The summed E-state index contributed by atoms with van der Waals surface area (Å²) in [5.74, 6) is 0.344. The molecule has 3 heterocycles. The molecule has 0 saturated carbocycles. The minimum Gasteiger partial charge on any atom is -0.422 e. The largest absolute Gasteiger partial charge is 0.422 e. The van der Waals surface area contributed by atoms with Crippen LogP contribution in [0.3, 0.4) is 0 Å². The smallest absolute Gasteiger partial charge is 0.349 e. The van der Waals surface area contributed by atoms with Crippen LogP contribution in [0.2, 0.25) is 0 Å². The molecule has 4 aromatic rings. The van der Waals surface area contributed by atoms with Gasteiger partial charge in [0.25, 0.3) is 5.91 Å². The van der Waals surface area contributed by atoms with E-state index >= 15 is 0 Å². The van der Waals surface area contributed by atoms with Crippen molar-refractivity contribution in [1.29, 1.82) is 0 Å². The van der Waals surface area contributed by atoms with Crippen LogP contribution >= 0.6 is 0 Å². The number of amides is 1. The summed E-state index contributed by atoms with van der Waals surface area (Å²) in [7, 11) is 0. The molecule has 0 aliphatic carbocycles. The second-order valence-electron chi connectivity index (χ2n) is 7.65. The quantitative estimate of drug-likeness (QED) is 0.501. The zero-order chi connectivity index (χ0) is 21.9. The van der Waals surface area contributed by atoms with E-state index in [4.69, 9.17) is 4.42 Å². The second kappa shape index (κ2) is 8.55. The van der Waals surface area contributed by atoms with Gasteiger partial charge in [-0.05, 0) is 36.4 Å². The summed E-state index contributed by atoms with van der Waals surface area (Å²) in [6, 6.07) is 22.7. The van der Waals surface area contributed by atoms with Crippen molar-refractivity contribution >= 4 is 34.1 Å². The molecule has 7 heteroatoms. The summed E-state index contributed by atoms with van der Waals surface area (Å²) in [6.45, 7) is 3.57. The summed E-state index contributed by atoms with van der Waals surface area (Å²) in [6.07, 6.45) is 1.61. The van der Waals surface area contributed by atoms with Gasteiger partial charge in [-0.15, -0.1) is 0 Å². The molecule has 160 valence electrons. The number of piperazine rings is 1. The van der Waals surface area contributed by atoms with Gasteiger partial charge >= 0.3 is 5.63 Å². The fourth-order valence-corrected chi connectivity index (χ4v) is 3.90. The molecule has 0 atom stereocenters. The Bertz CT molecular complexity index is 1290. The predicted octanol–water partition coefficient (Wildman–Crippen LogP) is 3.77. The van der Waals surface area contributed by atoms with E-state index in [1.165, 1.54) is 5.69 Å². The van der Waals surface area contributed by atoms with E-state index in [-0.39, 0.29) is 5.56 Å². The lowest BCUT2D eigenvalue weighted by Gasteiger charge is -2.36. The standard InChI is InChI=1S/C25H22N4O3/c30-24(21-16-18-6-4-5-9-22(18)32-25(21)31)27-19-10-11-23(26-17-19)29-14-12-28(13-15-29)20-7-2-1-3-8-20/h1-11,16-17H,12-15H2,(H,27,30). The minimum absolute atomic E-state index is 0.0372. The lowest BCUT2D eigenvalue weighted by molar-refractivity contribution is 0.102. The maximum Gasteiger partial charge on any atom is 0.349 e. The molecular formula is C25H22N4O3. The van der Waals surface area contributed by atoms with Crippen molar-refractivity contribution in [2.45, 2.75) is 0 Å². The maximum atomic E-state index is 12.6. The van der Waals surface area contributed by atoms with Crippen LogP contribution in [0.25, 0.3) is 11.0 Å². The Morgan fingerprint density at radius 3 is 2.34 bits per heavy atom. The molecule has 0 spiro atoms. The van der Waals surface area contributed by atoms with Crippen LogP contribution in [0.4, 0.5) is 17.2 Å². The highest BCUT2D eigenvalue weighted by Gasteiger charge is 2.19. The Labute approximate surface area is 184 Å². The van der Waals surface area contributed by atoms with Crippen molar-refractivity contribution in [3.8, 4) is 0 Å². The second-order valence-corrected chi connectivity index (χ2v) is 7.65. The van der Waals surface area contributed by atoms with Crippen LogP contribution in [0, 0.1) is 0 Å². The number of fused-ring (bicyclic) bond motifs is 1.